The number of likely N-dealkylation sites (tertiary alicyclic amines) is 1. The molecule has 2 unspecified atom stereocenters. The van der Waals surface area contributed by atoms with Crippen molar-refractivity contribution in [1.82, 2.24) is 4.90 Å². The van der Waals surface area contributed by atoms with Gasteiger partial charge < -0.3 is 4.74 Å². The summed E-state index contributed by atoms with van der Waals surface area (Å²) in [5.41, 5.74) is 0.631. The van der Waals surface area contributed by atoms with Crippen LogP contribution in [-0.2, 0) is 14.3 Å². The highest BCUT2D eigenvalue weighted by atomic mass is 16.5. The van der Waals surface area contributed by atoms with Gasteiger partial charge in [-0.1, -0.05) is 47.3 Å². The molecule has 1 heterocycles. The zero-order valence-corrected chi connectivity index (χ0v) is 13.6. The van der Waals surface area contributed by atoms with Crippen LogP contribution in [0.1, 0.15) is 47.0 Å². The minimum atomic E-state index is -0.530. The van der Waals surface area contributed by atoms with E-state index in [9.17, 15) is 9.59 Å². The average molecular weight is 293 g/mol. The van der Waals surface area contributed by atoms with Gasteiger partial charge >= 0.3 is 5.97 Å². The van der Waals surface area contributed by atoms with E-state index in [1.54, 1.807) is 0 Å². The minimum absolute atomic E-state index is 0.00478. The molecule has 0 N–H and O–H groups in total. The van der Waals surface area contributed by atoms with Crippen LogP contribution in [0.5, 0.6) is 0 Å². The molecule has 0 aliphatic carbocycles. The maximum Gasteiger partial charge on any atom is 0.331 e. The second-order valence-corrected chi connectivity index (χ2v) is 6.59. The van der Waals surface area contributed by atoms with Crippen LogP contribution >= 0.6 is 0 Å². The average Bonchev–Trinajstić information content (AvgIpc) is 2.71. The Bertz CT molecular complexity index is 439. The summed E-state index contributed by atoms with van der Waals surface area (Å²) < 4.78 is 4.97. The van der Waals surface area contributed by atoms with E-state index in [4.69, 9.17) is 4.74 Å². The van der Waals surface area contributed by atoms with Gasteiger partial charge in [0.25, 0.3) is 0 Å². The number of carbonyl (C=O) groups is 2. The maximum absolute atomic E-state index is 12.6. The quantitative estimate of drug-likeness (QED) is 0.533. The van der Waals surface area contributed by atoms with E-state index in [0.717, 1.165) is 24.6 Å². The number of ether oxygens (including phenoxy) is 1. The van der Waals surface area contributed by atoms with Crippen LogP contribution in [0.4, 0.5) is 0 Å². The number of amides is 1. The van der Waals surface area contributed by atoms with Crippen molar-refractivity contribution in [3.8, 4) is 0 Å². The van der Waals surface area contributed by atoms with E-state index in [2.05, 4.69) is 40.9 Å². The second kappa shape index (κ2) is 6.92. The van der Waals surface area contributed by atoms with E-state index in [0.29, 0.717) is 12.3 Å². The van der Waals surface area contributed by atoms with Crippen LogP contribution in [0, 0.1) is 17.3 Å². The van der Waals surface area contributed by atoms with Gasteiger partial charge in [-0.2, -0.15) is 0 Å². The lowest BCUT2D eigenvalue weighted by molar-refractivity contribution is -0.147. The molecule has 2 atom stereocenters. The minimum Gasteiger partial charge on any atom is -0.441 e. The summed E-state index contributed by atoms with van der Waals surface area (Å²) in [5.74, 6) is -0.0433. The normalized spacial score (nSPS) is 20.6. The van der Waals surface area contributed by atoms with Gasteiger partial charge in [0, 0.05) is 17.7 Å². The Balaban J connectivity index is 2.75. The fourth-order valence-corrected chi connectivity index (χ4v) is 2.91. The molecule has 4 nitrogen and oxygen atoms in total. The van der Waals surface area contributed by atoms with E-state index in [1.807, 2.05) is 0 Å². The van der Waals surface area contributed by atoms with Crippen LogP contribution in [0.25, 0.3) is 0 Å². The number of nitrogens with zero attached hydrogens (tertiary/aromatic N) is 1. The predicted molar refractivity (Wildman–Crippen MR) is 83.1 cm³/mol. The molecule has 0 spiro atoms. The molecule has 1 saturated heterocycles. The molecule has 0 aromatic heterocycles. The molecule has 4 heteroatoms. The summed E-state index contributed by atoms with van der Waals surface area (Å²) in [5, 5.41) is 0. The van der Waals surface area contributed by atoms with Crippen molar-refractivity contribution in [3.63, 3.8) is 0 Å². The van der Waals surface area contributed by atoms with Crippen LogP contribution < -0.4 is 0 Å². The highest BCUT2D eigenvalue weighted by Crippen LogP contribution is 2.43. The van der Waals surface area contributed by atoms with Crippen molar-refractivity contribution in [2.75, 3.05) is 6.73 Å². The summed E-state index contributed by atoms with van der Waals surface area (Å²) in [6, 6.07) is 0. The van der Waals surface area contributed by atoms with Gasteiger partial charge in [0.1, 0.15) is 0 Å². The SMILES string of the molecule is C=CC(=O)OCN1C(=C)CC(C(C)(C)CC(C)CC)C1=O. The molecule has 1 aliphatic rings. The van der Waals surface area contributed by atoms with E-state index >= 15 is 0 Å². The fraction of sp³-hybridized carbons (Fsp3) is 0.647. The summed E-state index contributed by atoms with van der Waals surface area (Å²) in [6.07, 6.45) is 3.82. The first-order chi connectivity index (χ1) is 9.72. The Morgan fingerprint density at radius 1 is 1.57 bits per heavy atom. The summed E-state index contributed by atoms with van der Waals surface area (Å²) in [7, 11) is 0. The Hall–Kier alpha value is -1.58. The van der Waals surface area contributed by atoms with Gasteiger partial charge in [0.15, 0.2) is 6.73 Å². The molecule has 21 heavy (non-hydrogen) atoms. The molecule has 0 saturated carbocycles. The zero-order valence-electron chi connectivity index (χ0n) is 13.6. The van der Waals surface area contributed by atoms with Crippen LogP contribution in [0.3, 0.4) is 0 Å². The number of hydrogen-bond donors (Lipinski definition) is 0. The van der Waals surface area contributed by atoms with Gasteiger partial charge in [-0.25, -0.2) is 4.79 Å². The lowest BCUT2D eigenvalue weighted by Gasteiger charge is -2.32. The molecule has 0 aromatic rings. The van der Waals surface area contributed by atoms with Crippen LogP contribution in [0.15, 0.2) is 24.9 Å². The third-order valence-corrected chi connectivity index (χ3v) is 4.40. The van der Waals surface area contributed by atoms with Crippen molar-refractivity contribution < 1.29 is 14.3 Å². The molecular formula is C17H27NO3. The highest BCUT2D eigenvalue weighted by molar-refractivity contribution is 5.85. The van der Waals surface area contributed by atoms with Gasteiger partial charge in [0.2, 0.25) is 5.91 Å². The standard InChI is InChI=1S/C17H27NO3/c1-7-12(3)10-17(5,6)14-9-13(4)18(16(14)20)11-21-15(19)8-2/h8,12,14H,2,4,7,9-11H2,1,3,5-6H3. The fourth-order valence-electron chi connectivity index (χ4n) is 2.91. The molecule has 0 aromatic carbocycles. The highest BCUT2D eigenvalue weighted by Gasteiger charge is 2.44. The first-order valence-corrected chi connectivity index (χ1v) is 7.51. The summed E-state index contributed by atoms with van der Waals surface area (Å²) >= 11 is 0. The first-order valence-electron chi connectivity index (χ1n) is 7.51. The van der Waals surface area contributed by atoms with Crippen molar-refractivity contribution >= 4 is 11.9 Å². The number of carbonyl (C=O) groups excluding carboxylic acids is 2. The van der Waals surface area contributed by atoms with Crippen LogP contribution in [0.2, 0.25) is 0 Å². The van der Waals surface area contributed by atoms with Gasteiger partial charge in [0.05, 0.1) is 0 Å². The van der Waals surface area contributed by atoms with E-state index in [1.165, 1.54) is 4.90 Å². The Kier molecular flexibility index (Phi) is 5.76. The summed E-state index contributed by atoms with van der Waals surface area (Å²) in [6.45, 7) is 15.8. The second-order valence-electron chi connectivity index (χ2n) is 6.59. The molecule has 1 amide bonds. The zero-order chi connectivity index (χ0) is 16.2. The van der Waals surface area contributed by atoms with Crippen LogP contribution in [-0.4, -0.2) is 23.5 Å². The van der Waals surface area contributed by atoms with Gasteiger partial charge in [-0.05, 0) is 24.2 Å². The monoisotopic (exact) mass is 293 g/mol. The van der Waals surface area contributed by atoms with E-state index in [-0.39, 0.29) is 24.0 Å². The maximum atomic E-state index is 12.6. The van der Waals surface area contributed by atoms with Crippen molar-refractivity contribution in [1.29, 1.82) is 0 Å². The first kappa shape index (κ1) is 17.5. The number of rotatable bonds is 7. The molecule has 1 fully saturated rings. The topological polar surface area (TPSA) is 46.6 Å². The largest absolute Gasteiger partial charge is 0.441 e. The lowest BCUT2D eigenvalue weighted by atomic mass is 9.71. The van der Waals surface area contributed by atoms with Crippen molar-refractivity contribution in [3.05, 3.63) is 24.9 Å². The van der Waals surface area contributed by atoms with E-state index < -0.39 is 5.97 Å². The number of hydrogen-bond acceptors (Lipinski definition) is 3. The van der Waals surface area contributed by atoms with Crippen molar-refractivity contribution in [2.24, 2.45) is 17.3 Å². The summed E-state index contributed by atoms with van der Waals surface area (Å²) in [4.78, 5) is 25.2. The third-order valence-electron chi connectivity index (χ3n) is 4.40. The molecule has 1 aliphatic heterocycles. The van der Waals surface area contributed by atoms with Crippen molar-refractivity contribution in [2.45, 2.75) is 47.0 Å². The molecular weight excluding hydrogens is 266 g/mol. The molecule has 0 bridgehead atoms. The molecule has 118 valence electrons. The number of allylic oxidation sites excluding steroid dienone is 1. The Morgan fingerprint density at radius 2 is 2.19 bits per heavy atom. The molecule has 1 rings (SSSR count). The molecule has 0 radical (unpaired) electrons. The lowest BCUT2D eigenvalue weighted by Crippen LogP contribution is -2.36. The van der Waals surface area contributed by atoms with Gasteiger partial charge in [-0.15, -0.1) is 0 Å². The number of esters is 1. The smallest absolute Gasteiger partial charge is 0.331 e. The predicted octanol–water partition coefficient (Wildman–Crippen LogP) is 3.50. The Labute approximate surface area is 127 Å². The third kappa shape index (κ3) is 4.19. The van der Waals surface area contributed by atoms with Gasteiger partial charge in [-0.3, -0.25) is 9.69 Å². The Morgan fingerprint density at radius 3 is 2.71 bits per heavy atom.